The topological polar surface area (TPSA) is 55.0 Å². The second-order valence-corrected chi connectivity index (χ2v) is 2.61. The minimum absolute atomic E-state index is 0.131. The molecule has 1 N–H and O–H groups in total. The molecule has 0 saturated heterocycles. The average Bonchev–Trinajstić information content (AvgIpc) is 2.73. The van der Waals surface area contributed by atoms with Gasteiger partial charge in [-0.25, -0.2) is 0 Å². The molecule has 1 aromatic rings. The number of ether oxygens (including phenoxy) is 1. The van der Waals surface area contributed by atoms with E-state index in [9.17, 15) is 4.79 Å². The predicted molar refractivity (Wildman–Crippen MR) is 36.9 cm³/mol. The standard InChI is InChI=1S/C7H8N2O2/c10-7(5-1-2-5)11-6-3-4-8-9-6/h3-5H,1-2H2,(H,8,9). The van der Waals surface area contributed by atoms with Gasteiger partial charge in [0.05, 0.1) is 5.92 Å². The zero-order chi connectivity index (χ0) is 7.68. The van der Waals surface area contributed by atoms with Crippen LogP contribution in [-0.2, 0) is 4.79 Å². The number of hydrogen-bond acceptors (Lipinski definition) is 3. The van der Waals surface area contributed by atoms with E-state index >= 15 is 0 Å². The van der Waals surface area contributed by atoms with E-state index in [-0.39, 0.29) is 11.9 Å². The van der Waals surface area contributed by atoms with Crippen LogP contribution in [0.3, 0.4) is 0 Å². The molecule has 0 spiro atoms. The van der Waals surface area contributed by atoms with Crippen LogP contribution < -0.4 is 4.74 Å². The van der Waals surface area contributed by atoms with Gasteiger partial charge >= 0.3 is 5.97 Å². The molecular formula is C7H8N2O2. The number of nitrogens with one attached hydrogen (secondary N) is 1. The summed E-state index contributed by atoms with van der Waals surface area (Å²) >= 11 is 0. The van der Waals surface area contributed by atoms with Gasteiger partial charge in [0, 0.05) is 12.3 Å². The van der Waals surface area contributed by atoms with Gasteiger partial charge in [-0.15, -0.1) is 5.10 Å². The Kier molecular flexibility index (Phi) is 1.38. The average molecular weight is 152 g/mol. The third kappa shape index (κ3) is 1.39. The fraction of sp³-hybridized carbons (Fsp3) is 0.429. The van der Waals surface area contributed by atoms with E-state index in [1.165, 1.54) is 0 Å². The molecule has 0 aliphatic heterocycles. The van der Waals surface area contributed by atoms with Gasteiger partial charge in [-0.3, -0.25) is 9.89 Å². The summed E-state index contributed by atoms with van der Waals surface area (Å²) in [6.45, 7) is 0. The number of carbonyl (C=O) groups excluding carboxylic acids is 1. The van der Waals surface area contributed by atoms with E-state index in [0.29, 0.717) is 5.88 Å². The maximum atomic E-state index is 11.0. The predicted octanol–water partition coefficient (Wildman–Crippen LogP) is 0.725. The van der Waals surface area contributed by atoms with Crippen molar-refractivity contribution < 1.29 is 9.53 Å². The molecule has 0 radical (unpaired) electrons. The highest BCUT2D eigenvalue weighted by molar-refractivity contribution is 5.76. The van der Waals surface area contributed by atoms with Crippen molar-refractivity contribution in [1.82, 2.24) is 10.2 Å². The number of aromatic nitrogens is 2. The molecular weight excluding hydrogens is 144 g/mol. The Balaban J connectivity index is 1.94. The molecule has 1 fully saturated rings. The molecule has 58 valence electrons. The lowest BCUT2D eigenvalue weighted by atomic mass is 10.4. The SMILES string of the molecule is O=C(Oc1cc[nH]n1)C1CC1. The van der Waals surface area contributed by atoms with Gasteiger partial charge in [0.25, 0.3) is 0 Å². The Morgan fingerprint density at radius 2 is 2.55 bits per heavy atom. The van der Waals surface area contributed by atoms with Crippen LogP contribution in [0.5, 0.6) is 5.88 Å². The first-order chi connectivity index (χ1) is 5.36. The molecule has 1 aromatic heterocycles. The van der Waals surface area contributed by atoms with Crippen molar-refractivity contribution in [2.24, 2.45) is 5.92 Å². The zero-order valence-electron chi connectivity index (χ0n) is 5.91. The molecule has 0 bridgehead atoms. The molecule has 2 rings (SSSR count). The third-order valence-electron chi connectivity index (χ3n) is 1.59. The number of esters is 1. The smallest absolute Gasteiger partial charge is 0.315 e. The fourth-order valence-corrected chi connectivity index (χ4v) is 0.809. The van der Waals surface area contributed by atoms with E-state index in [2.05, 4.69) is 10.2 Å². The zero-order valence-corrected chi connectivity index (χ0v) is 5.91. The molecule has 1 aliphatic carbocycles. The summed E-state index contributed by atoms with van der Waals surface area (Å²) in [5.41, 5.74) is 0. The van der Waals surface area contributed by atoms with E-state index in [4.69, 9.17) is 4.74 Å². The molecule has 0 amide bonds. The van der Waals surface area contributed by atoms with Crippen molar-refractivity contribution in [2.45, 2.75) is 12.8 Å². The molecule has 11 heavy (non-hydrogen) atoms. The summed E-state index contributed by atoms with van der Waals surface area (Å²) in [6.07, 6.45) is 3.54. The van der Waals surface area contributed by atoms with E-state index < -0.39 is 0 Å². The van der Waals surface area contributed by atoms with Crippen molar-refractivity contribution in [2.75, 3.05) is 0 Å². The molecule has 1 aliphatic rings. The van der Waals surface area contributed by atoms with Gasteiger partial charge in [0.15, 0.2) is 0 Å². The fourth-order valence-electron chi connectivity index (χ4n) is 0.809. The number of carbonyl (C=O) groups is 1. The summed E-state index contributed by atoms with van der Waals surface area (Å²) < 4.78 is 4.90. The van der Waals surface area contributed by atoms with E-state index in [1.807, 2.05) is 0 Å². The van der Waals surface area contributed by atoms with Gasteiger partial charge < -0.3 is 4.74 Å². The Morgan fingerprint density at radius 3 is 3.09 bits per heavy atom. The van der Waals surface area contributed by atoms with Crippen molar-refractivity contribution >= 4 is 5.97 Å². The van der Waals surface area contributed by atoms with Crippen molar-refractivity contribution in [3.63, 3.8) is 0 Å². The van der Waals surface area contributed by atoms with Crippen LogP contribution in [-0.4, -0.2) is 16.2 Å². The summed E-state index contributed by atoms with van der Waals surface area (Å²) in [6, 6.07) is 1.63. The first-order valence-electron chi connectivity index (χ1n) is 3.58. The largest absolute Gasteiger partial charge is 0.406 e. The van der Waals surface area contributed by atoms with Gasteiger partial charge in [-0.2, -0.15) is 0 Å². The number of H-pyrrole nitrogens is 1. The molecule has 4 heteroatoms. The lowest BCUT2D eigenvalue weighted by molar-refractivity contribution is -0.136. The number of nitrogens with zero attached hydrogens (tertiary/aromatic N) is 1. The molecule has 0 atom stereocenters. The first-order valence-corrected chi connectivity index (χ1v) is 3.58. The quantitative estimate of drug-likeness (QED) is 0.635. The van der Waals surface area contributed by atoms with Crippen LogP contribution in [0.4, 0.5) is 0 Å². The minimum atomic E-state index is -0.155. The Morgan fingerprint density at radius 1 is 1.73 bits per heavy atom. The van der Waals surface area contributed by atoms with Crippen LogP contribution in [0, 0.1) is 5.92 Å². The molecule has 4 nitrogen and oxygen atoms in total. The molecule has 1 heterocycles. The summed E-state index contributed by atoms with van der Waals surface area (Å²) in [4.78, 5) is 11.0. The second kappa shape index (κ2) is 2.38. The monoisotopic (exact) mass is 152 g/mol. The van der Waals surface area contributed by atoms with Crippen LogP contribution >= 0.6 is 0 Å². The molecule has 0 unspecified atom stereocenters. The highest BCUT2D eigenvalue weighted by atomic mass is 16.5. The Hall–Kier alpha value is -1.32. The number of aromatic amines is 1. The van der Waals surface area contributed by atoms with Gasteiger partial charge in [-0.05, 0) is 12.8 Å². The summed E-state index contributed by atoms with van der Waals surface area (Å²) in [5, 5.41) is 6.27. The van der Waals surface area contributed by atoms with E-state index in [0.717, 1.165) is 12.8 Å². The highest BCUT2D eigenvalue weighted by Gasteiger charge is 2.31. The third-order valence-corrected chi connectivity index (χ3v) is 1.59. The van der Waals surface area contributed by atoms with Crippen molar-refractivity contribution in [1.29, 1.82) is 0 Å². The van der Waals surface area contributed by atoms with Crippen molar-refractivity contribution in [3.8, 4) is 5.88 Å². The molecule has 0 aromatic carbocycles. The molecule has 1 saturated carbocycles. The van der Waals surface area contributed by atoms with Gasteiger partial charge in [0.1, 0.15) is 0 Å². The minimum Gasteiger partial charge on any atom is -0.406 e. The second-order valence-electron chi connectivity index (χ2n) is 2.61. The lowest BCUT2D eigenvalue weighted by Crippen LogP contribution is -2.09. The Bertz CT molecular complexity index is 251. The summed E-state index contributed by atoms with van der Waals surface area (Å²) in [5.74, 6) is 0.339. The van der Waals surface area contributed by atoms with E-state index in [1.54, 1.807) is 12.3 Å². The van der Waals surface area contributed by atoms with Crippen LogP contribution in [0.2, 0.25) is 0 Å². The maximum Gasteiger partial charge on any atom is 0.315 e. The van der Waals surface area contributed by atoms with Crippen LogP contribution in [0.1, 0.15) is 12.8 Å². The van der Waals surface area contributed by atoms with Gasteiger partial charge in [0.2, 0.25) is 5.88 Å². The Labute approximate surface area is 63.6 Å². The lowest BCUT2D eigenvalue weighted by Gasteiger charge is -1.95. The first kappa shape index (κ1) is 6.39. The summed E-state index contributed by atoms with van der Waals surface area (Å²) in [7, 11) is 0. The normalized spacial score (nSPS) is 16.4. The van der Waals surface area contributed by atoms with Crippen LogP contribution in [0.15, 0.2) is 12.3 Å². The highest BCUT2D eigenvalue weighted by Crippen LogP contribution is 2.30. The van der Waals surface area contributed by atoms with Crippen LogP contribution in [0.25, 0.3) is 0 Å². The van der Waals surface area contributed by atoms with Crippen molar-refractivity contribution in [3.05, 3.63) is 12.3 Å². The maximum absolute atomic E-state index is 11.0. The number of rotatable bonds is 2. The number of hydrogen-bond donors (Lipinski definition) is 1. The van der Waals surface area contributed by atoms with Gasteiger partial charge in [-0.1, -0.05) is 0 Å².